The summed E-state index contributed by atoms with van der Waals surface area (Å²) in [5.41, 5.74) is 0.538. The highest BCUT2D eigenvalue weighted by Crippen LogP contribution is 2.35. The van der Waals surface area contributed by atoms with Gasteiger partial charge in [0.2, 0.25) is 6.79 Å². The lowest BCUT2D eigenvalue weighted by Gasteiger charge is -2.28. The van der Waals surface area contributed by atoms with Gasteiger partial charge in [-0.15, -0.1) is 11.3 Å². The molecule has 202 valence electrons. The molecule has 3 amide bonds. The SMILES string of the molecule is CCOCCN(CCOCC)C(=O)[C@H](NC(=O)N[C@@H](CC(=O)O)c1ccc2c(c1)OCO2)c1cccs1. The number of benzene rings is 1. The molecule has 0 aliphatic carbocycles. The molecule has 0 fully saturated rings. The van der Waals surface area contributed by atoms with Crippen molar-refractivity contribution in [1.82, 2.24) is 15.5 Å². The third kappa shape index (κ3) is 8.34. The van der Waals surface area contributed by atoms with Gasteiger partial charge in [-0.3, -0.25) is 9.59 Å². The molecule has 1 aromatic carbocycles. The fourth-order valence-electron chi connectivity index (χ4n) is 3.75. The molecule has 37 heavy (non-hydrogen) atoms. The first-order valence-corrected chi connectivity index (χ1v) is 13.0. The van der Waals surface area contributed by atoms with Gasteiger partial charge in [-0.2, -0.15) is 0 Å². The van der Waals surface area contributed by atoms with Crippen molar-refractivity contribution in [3.05, 3.63) is 46.2 Å². The predicted molar refractivity (Wildman–Crippen MR) is 136 cm³/mol. The van der Waals surface area contributed by atoms with Crippen LogP contribution in [0.2, 0.25) is 0 Å². The van der Waals surface area contributed by atoms with Crippen LogP contribution in [0.5, 0.6) is 11.5 Å². The number of hydrogen-bond donors (Lipinski definition) is 3. The topological polar surface area (TPSA) is 136 Å². The van der Waals surface area contributed by atoms with E-state index in [1.54, 1.807) is 35.2 Å². The van der Waals surface area contributed by atoms with Crippen molar-refractivity contribution in [2.75, 3.05) is 46.3 Å². The Morgan fingerprint density at radius 2 is 1.76 bits per heavy atom. The highest BCUT2D eigenvalue weighted by molar-refractivity contribution is 7.10. The normalized spacial score (nSPS) is 13.6. The van der Waals surface area contributed by atoms with Crippen molar-refractivity contribution in [3.63, 3.8) is 0 Å². The van der Waals surface area contributed by atoms with Gasteiger partial charge in [0.25, 0.3) is 5.91 Å². The number of carboxylic acids is 1. The van der Waals surface area contributed by atoms with E-state index in [4.69, 9.17) is 18.9 Å². The monoisotopic (exact) mass is 535 g/mol. The van der Waals surface area contributed by atoms with E-state index >= 15 is 0 Å². The molecule has 0 spiro atoms. The Morgan fingerprint density at radius 3 is 2.38 bits per heavy atom. The summed E-state index contributed by atoms with van der Waals surface area (Å²) >= 11 is 1.34. The predicted octanol–water partition coefficient (Wildman–Crippen LogP) is 2.93. The molecule has 12 heteroatoms. The number of nitrogens with zero attached hydrogens (tertiary/aromatic N) is 1. The Kier molecular flexibility index (Phi) is 11.0. The lowest BCUT2D eigenvalue weighted by Crippen LogP contribution is -2.48. The van der Waals surface area contributed by atoms with Crippen LogP contribution in [0.15, 0.2) is 35.7 Å². The number of fused-ring (bicyclic) bond motifs is 1. The minimum absolute atomic E-state index is 0.0734. The van der Waals surface area contributed by atoms with Gasteiger partial charge in [0.1, 0.15) is 6.04 Å². The number of urea groups is 1. The zero-order valence-electron chi connectivity index (χ0n) is 20.9. The summed E-state index contributed by atoms with van der Waals surface area (Å²) in [7, 11) is 0. The van der Waals surface area contributed by atoms with Gasteiger partial charge in [-0.05, 0) is 43.0 Å². The minimum atomic E-state index is -1.09. The van der Waals surface area contributed by atoms with E-state index in [9.17, 15) is 19.5 Å². The fraction of sp³-hybridized carbons (Fsp3) is 0.480. The highest BCUT2D eigenvalue weighted by atomic mass is 32.1. The molecular weight excluding hydrogens is 502 g/mol. The Hall–Kier alpha value is -3.35. The van der Waals surface area contributed by atoms with Crippen molar-refractivity contribution in [2.24, 2.45) is 0 Å². The van der Waals surface area contributed by atoms with Gasteiger partial charge in [0, 0.05) is 31.2 Å². The second-order valence-corrected chi connectivity index (χ2v) is 9.03. The molecule has 1 aromatic heterocycles. The van der Waals surface area contributed by atoms with Crippen LogP contribution in [-0.4, -0.2) is 74.2 Å². The first kappa shape index (κ1) is 28.2. The summed E-state index contributed by atoms with van der Waals surface area (Å²) in [4.78, 5) is 40.5. The van der Waals surface area contributed by atoms with Crippen LogP contribution in [0.1, 0.15) is 42.8 Å². The van der Waals surface area contributed by atoms with E-state index in [0.29, 0.717) is 61.5 Å². The van der Waals surface area contributed by atoms with Crippen molar-refractivity contribution in [1.29, 1.82) is 0 Å². The molecule has 0 radical (unpaired) electrons. The maximum absolute atomic E-state index is 13.6. The number of amides is 3. The second-order valence-electron chi connectivity index (χ2n) is 8.05. The van der Waals surface area contributed by atoms with Crippen LogP contribution in [0.3, 0.4) is 0 Å². The Morgan fingerprint density at radius 1 is 1.05 bits per heavy atom. The first-order valence-electron chi connectivity index (χ1n) is 12.1. The van der Waals surface area contributed by atoms with Crippen LogP contribution in [0.4, 0.5) is 4.79 Å². The molecule has 0 bridgehead atoms. The quantitative estimate of drug-likeness (QED) is 0.296. The summed E-state index contributed by atoms with van der Waals surface area (Å²) < 4.78 is 21.6. The number of rotatable bonds is 15. The smallest absolute Gasteiger partial charge is 0.316 e. The van der Waals surface area contributed by atoms with Crippen LogP contribution < -0.4 is 20.1 Å². The summed E-state index contributed by atoms with van der Waals surface area (Å²) in [5, 5.41) is 16.7. The number of aliphatic carboxylic acids is 1. The molecule has 1 aliphatic rings. The molecule has 2 aromatic rings. The number of carboxylic acid groups (broad SMARTS) is 1. The maximum atomic E-state index is 13.6. The van der Waals surface area contributed by atoms with E-state index in [1.165, 1.54) is 11.3 Å². The molecule has 3 N–H and O–H groups in total. The van der Waals surface area contributed by atoms with Crippen LogP contribution in [-0.2, 0) is 19.1 Å². The number of hydrogen-bond acceptors (Lipinski definition) is 8. The largest absolute Gasteiger partial charge is 0.481 e. The number of carbonyl (C=O) groups excluding carboxylic acids is 2. The van der Waals surface area contributed by atoms with E-state index in [2.05, 4.69) is 10.6 Å². The van der Waals surface area contributed by atoms with Gasteiger partial charge in [0.15, 0.2) is 11.5 Å². The second kappa shape index (κ2) is 14.4. The summed E-state index contributed by atoms with van der Waals surface area (Å²) in [6.45, 7) is 6.24. The average molecular weight is 536 g/mol. The van der Waals surface area contributed by atoms with E-state index in [1.807, 2.05) is 19.2 Å². The Labute approximate surface area is 219 Å². The summed E-state index contributed by atoms with van der Waals surface area (Å²) in [5.74, 6) is -0.382. The first-order chi connectivity index (χ1) is 17.9. The van der Waals surface area contributed by atoms with Crippen LogP contribution in [0, 0.1) is 0 Å². The molecule has 2 atom stereocenters. The van der Waals surface area contributed by atoms with Crippen molar-refractivity contribution in [2.45, 2.75) is 32.4 Å². The van der Waals surface area contributed by atoms with Crippen molar-refractivity contribution >= 4 is 29.2 Å². The summed E-state index contributed by atoms with van der Waals surface area (Å²) in [6.07, 6.45) is -0.362. The molecule has 11 nitrogen and oxygen atoms in total. The van der Waals surface area contributed by atoms with Crippen molar-refractivity contribution in [3.8, 4) is 11.5 Å². The van der Waals surface area contributed by atoms with Gasteiger partial charge in [-0.1, -0.05) is 12.1 Å². The number of thiophene rings is 1. The molecular formula is C25H33N3O8S. The van der Waals surface area contributed by atoms with E-state index in [-0.39, 0.29) is 19.1 Å². The number of carbonyl (C=O) groups is 3. The lowest BCUT2D eigenvalue weighted by molar-refractivity contribution is -0.137. The Bertz CT molecular complexity index is 1020. The van der Waals surface area contributed by atoms with Gasteiger partial charge in [0.05, 0.1) is 25.7 Å². The maximum Gasteiger partial charge on any atom is 0.316 e. The molecule has 0 saturated carbocycles. The highest BCUT2D eigenvalue weighted by Gasteiger charge is 2.30. The number of ether oxygens (including phenoxy) is 4. The lowest BCUT2D eigenvalue weighted by atomic mass is 10.0. The van der Waals surface area contributed by atoms with Crippen LogP contribution in [0.25, 0.3) is 0 Å². The Balaban J connectivity index is 1.76. The van der Waals surface area contributed by atoms with Gasteiger partial charge in [-0.25, -0.2) is 4.79 Å². The fourth-order valence-corrected chi connectivity index (χ4v) is 4.52. The van der Waals surface area contributed by atoms with Crippen molar-refractivity contribution < 1.29 is 38.4 Å². The molecule has 3 rings (SSSR count). The van der Waals surface area contributed by atoms with Gasteiger partial charge >= 0.3 is 12.0 Å². The third-order valence-corrected chi connectivity index (χ3v) is 6.50. The van der Waals surface area contributed by atoms with Gasteiger partial charge < -0.3 is 39.6 Å². The molecule has 1 aliphatic heterocycles. The standard InChI is InChI=1S/C25H33N3O8S/c1-3-33-11-9-28(10-12-34-4-2)24(31)23(21-6-5-13-37-21)27-25(32)26-18(15-22(29)30)17-7-8-19-20(14-17)36-16-35-19/h5-8,13-14,18,23H,3-4,9-12,15-16H2,1-2H3,(H,29,30)(H2,26,27,32)/t18-,23+/m0/s1. The van der Waals surface area contributed by atoms with Crippen LogP contribution >= 0.6 is 11.3 Å². The summed E-state index contributed by atoms with van der Waals surface area (Å²) in [6, 6.07) is 6.04. The van der Waals surface area contributed by atoms with E-state index in [0.717, 1.165) is 0 Å². The molecule has 0 saturated heterocycles. The zero-order valence-corrected chi connectivity index (χ0v) is 21.8. The molecule has 0 unspecified atom stereocenters. The zero-order chi connectivity index (χ0) is 26.6. The minimum Gasteiger partial charge on any atom is -0.481 e. The third-order valence-electron chi connectivity index (χ3n) is 5.56. The van der Waals surface area contributed by atoms with E-state index < -0.39 is 24.1 Å². The average Bonchev–Trinajstić information content (AvgIpc) is 3.57. The number of nitrogens with one attached hydrogen (secondary N) is 2. The molecule has 2 heterocycles.